The van der Waals surface area contributed by atoms with E-state index in [1.807, 2.05) is 7.05 Å². The Balaban J connectivity index is 3.89. The molecule has 3 nitrogen and oxygen atoms in total. The smallest absolute Gasteiger partial charge is 0.0448 e. The second kappa shape index (κ2) is 10.1. The van der Waals surface area contributed by atoms with Gasteiger partial charge in [0.2, 0.25) is 0 Å². The van der Waals surface area contributed by atoms with Crippen LogP contribution in [0.5, 0.6) is 0 Å². The van der Waals surface area contributed by atoms with E-state index in [0.717, 1.165) is 19.3 Å². The first-order valence-corrected chi connectivity index (χ1v) is 6.65. The Hall–Kier alpha value is -0.120. The molecule has 0 fully saturated rings. The molecule has 0 radical (unpaired) electrons. The van der Waals surface area contributed by atoms with E-state index in [0.29, 0.717) is 0 Å². The number of unbranched alkanes of at least 4 members (excludes halogenated alkanes) is 4. The highest BCUT2D eigenvalue weighted by atomic mass is 16.3. The van der Waals surface area contributed by atoms with Crippen molar-refractivity contribution in [3.8, 4) is 0 Å². The number of aliphatic hydroxyl groups excluding tert-OH is 2. The van der Waals surface area contributed by atoms with E-state index in [2.05, 4.69) is 12.2 Å². The van der Waals surface area contributed by atoms with Crippen LogP contribution in [-0.2, 0) is 0 Å². The fourth-order valence-corrected chi connectivity index (χ4v) is 2.24. The van der Waals surface area contributed by atoms with E-state index in [1.165, 1.54) is 32.1 Å². The minimum Gasteiger partial charge on any atom is -0.396 e. The highest BCUT2D eigenvalue weighted by Crippen LogP contribution is 2.22. The van der Waals surface area contributed by atoms with Gasteiger partial charge in [-0.05, 0) is 26.3 Å². The molecule has 0 aromatic carbocycles. The summed E-state index contributed by atoms with van der Waals surface area (Å²) >= 11 is 0. The molecule has 16 heavy (non-hydrogen) atoms. The zero-order chi connectivity index (χ0) is 12.3. The van der Waals surface area contributed by atoms with Crippen LogP contribution >= 0.6 is 0 Å². The third-order valence-electron chi connectivity index (χ3n) is 3.47. The summed E-state index contributed by atoms with van der Waals surface area (Å²) in [5.74, 6) is 0. The van der Waals surface area contributed by atoms with Gasteiger partial charge in [0.1, 0.15) is 0 Å². The topological polar surface area (TPSA) is 52.5 Å². The molecule has 0 rings (SSSR count). The Morgan fingerprint density at radius 3 is 1.88 bits per heavy atom. The number of hydrogen-bond donors (Lipinski definition) is 3. The van der Waals surface area contributed by atoms with E-state index >= 15 is 0 Å². The molecule has 0 saturated carbocycles. The Labute approximate surface area is 100 Å². The van der Waals surface area contributed by atoms with Crippen LogP contribution in [0.3, 0.4) is 0 Å². The van der Waals surface area contributed by atoms with Crippen LogP contribution < -0.4 is 5.32 Å². The standard InChI is InChI=1S/C13H29NO2/c1-3-4-5-6-7-8-13(14-2,9-11-15)10-12-16/h14-16H,3-12H2,1-2H3. The highest BCUT2D eigenvalue weighted by molar-refractivity contribution is 4.86. The summed E-state index contributed by atoms with van der Waals surface area (Å²) in [4.78, 5) is 0. The first kappa shape index (κ1) is 15.9. The lowest BCUT2D eigenvalue weighted by Crippen LogP contribution is -2.44. The first-order chi connectivity index (χ1) is 7.74. The average Bonchev–Trinajstić information content (AvgIpc) is 2.29. The van der Waals surface area contributed by atoms with E-state index in [4.69, 9.17) is 10.2 Å². The minimum atomic E-state index is -0.0598. The van der Waals surface area contributed by atoms with Crippen molar-refractivity contribution in [3.63, 3.8) is 0 Å². The predicted octanol–water partition coefficient (Wildman–Crippen LogP) is 2.07. The summed E-state index contributed by atoms with van der Waals surface area (Å²) < 4.78 is 0. The third-order valence-corrected chi connectivity index (χ3v) is 3.47. The normalized spacial score (nSPS) is 12.0. The number of rotatable bonds is 11. The van der Waals surface area contributed by atoms with Gasteiger partial charge in [0.15, 0.2) is 0 Å². The predicted molar refractivity (Wildman–Crippen MR) is 68.6 cm³/mol. The van der Waals surface area contributed by atoms with E-state index in [1.54, 1.807) is 0 Å². The summed E-state index contributed by atoms with van der Waals surface area (Å²) in [6, 6.07) is 0. The van der Waals surface area contributed by atoms with Gasteiger partial charge >= 0.3 is 0 Å². The van der Waals surface area contributed by atoms with Gasteiger partial charge in [-0.25, -0.2) is 0 Å². The highest BCUT2D eigenvalue weighted by Gasteiger charge is 2.26. The molecule has 0 aliphatic rings. The second-order valence-electron chi connectivity index (χ2n) is 4.64. The SMILES string of the molecule is CCCCCCCC(CCO)(CCO)NC. The van der Waals surface area contributed by atoms with Gasteiger partial charge in [-0.1, -0.05) is 39.0 Å². The largest absolute Gasteiger partial charge is 0.396 e. The molecule has 0 unspecified atom stereocenters. The van der Waals surface area contributed by atoms with Crippen molar-refractivity contribution in [2.24, 2.45) is 0 Å². The Morgan fingerprint density at radius 2 is 1.44 bits per heavy atom. The van der Waals surface area contributed by atoms with Gasteiger partial charge in [0.25, 0.3) is 0 Å². The Morgan fingerprint density at radius 1 is 0.875 bits per heavy atom. The molecular formula is C13H29NO2. The second-order valence-corrected chi connectivity index (χ2v) is 4.64. The lowest BCUT2D eigenvalue weighted by molar-refractivity contribution is 0.160. The number of hydrogen-bond acceptors (Lipinski definition) is 3. The van der Waals surface area contributed by atoms with Crippen LogP contribution in [0.15, 0.2) is 0 Å². The molecule has 0 saturated heterocycles. The van der Waals surface area contributed by atoms with Crippen LogP contribution in [0.2, 0.25) is 0 Å². The molecule has 0 amide bonds. The Bertz CT molecular complexity index is 145. The molecule has 0 spiro atoms. The minimum absolute atomic E-state index is 0.0598. The van der Waals surface area contributed by atoms with Crippen LogP contribution in [-0.4, -0.2) is 36.0 Å². The van der Waals surface area contributed by atoms with Gasteiger partial charge in [0, 0.05) is 18.8 Å². The fraction of sp³-hybridized carbons (Fsp3) is 1.00. The van der Waals surface area contributed by atoms with Crippen molar-refractivity contribution < 1.29 is 10.2 Å². The van der Waals surface area contributed by atoms with Gasteiger partial charge in [0.05, 0.1) is 0 Å². The van der Waals surface area contributed by atoms with Gasteiger partial charge in [-0.3, -0.25) is 0 Å². The zero-order valence-electron chi connectivity index (χ0n) is 11.0. The van der Waals surface area contributed by atoms with Crippen LogP contribution in [0.1, 0.15) is 58.3 Å². The average molecular weight is 231 g/mol. The van der Waals surface area contributed by atoms with E-state index in [9.17, 15) is 0 Å². The molecule has 98 valence electrons. The first-order valence-electron chi connectivity index (χ1n) is 6.65. The summed E-state index contributed by atoms with van der Waals surface area (Å²) in [6.07, 6.45) is 8.84. The molecular weight excluding hydrogens is 202 g/mol. The summed E-state index contributed by atoms with van der Waals surface area (Å²) in [5, 5.41) is 21.4. The fourth-order valence-electron chi connectivity index (χ4n) is 2.24. The maximum absolute atomic E-state index is 9.08. The van der Waals surface area contributed by atoms with Crippen molar-refractivity contribution >= 4 is 0 Å². The summed E-state index contributed by atoms with van der Waals surface area (Å²) in [7, 11) is 1.93. The number of nitrogens with one attached hydrogen (secondary N) is 1. The van der Waals surface area contributed by atoms with Crippen molar-refractivity contribution in [1.29, 1.82) is 0 Å². The summed E-state index contributed by atoms with van der Waals surface area (Å²) in [5.41, 5.74) is -0.0598. The van der Waals surface area contributed by atoms with Crippen molar-refractivity contribution in [2.45, 2.75) is 63.8 Å². The van der Waals surface area contributed by atoms with Crippen molar-refractivity contribution in [3.05, 3.63) is 0 Å². The maximum atomic E-state index is 9.08. The van der Waals surface area contributed by atoms with Gasteiger partial charge < -0.3 is 15.5 Å². The van der Waals surface area contributed by atoms with Crippen LogP contribution in [0.25, 0.3) is 0 Å². The molecule has 0 aromatic rings. The molecule has 0 aliphatic carbocycles. The Kier molecular flexibility index (Phi) is 9.99. The monoisotopic (exact) mass is 231 g/mol. The molecule has 0 atom stereocenters. The van der Waals surface area contributed by atoms with Crippen LogP contribution in [0, 0.1) is 0 Å². The van der Waals surface area contributed by atoms with Crippen LogP contribution in [0.4, 0.5) is 0 Å². The van der Waals surface area contributed by atoms with Gasteiger partial charge in [-0.2, -0.15) is 0 Å². The quantitative estimate of drug-likeness (QED) is 0.477. The molecule has 0 heterocycles. The molecule has 3 heteroatoms. The lowest BCUT2D eigenvalue weighted by Gasteiger charge is -2.33. The third kappa shape index (κ3) is 6.46. The molecule has 3 N–H and O–H groups in total. The zero-order valence-corrected chi connectivity index (χ0v) is 11.0. The van der Waals surface area contributed by atoms with E-state index < -0.39 is 0 Å². The lowest BCUT2D eigenvalue weighted by atomic mass is 9.86. The van der Waals surface area contributed by atoms with Gasteiger partial charge in [-0.15, -0.1) is 0 Å². The van der Waals surface area contributed by atoms with Crippen molar-refractivity contribution in [2.75, 3.05) is 20.3 Å². The molecule has 0 bridgehead atoms. The van der Waals surface area contributed by atoms with Crippen molar-refractivity contribution in [1.82, 2.24) is 5.32 Å². The number of aliphatic hydroxyl groups is 2. The molecule has 0 aromatic heterocycles. The molecule has 0 aliphatic heterocycles. The maximum Gasteiger partial charge on any atom is 0.0448 e. The summed E-state index contributed by atoms with van der Waals surface area (Å²) in [6.45, 7) is 2.60. The van der Waals surface area contributed by atoms with E-state index in [-0.39, 0.29) is 18.8 Å².